The molecule has 35 heavy (non-hydrogen) atoms. The zero-order valence-corrected chi connectivity index (χ0v) is 22.4. The van der Waals surface area contributed by atoms with Crippen molar-refractivity contribution in [3.05, 3.63) is 70.6 Å². The minimum absolute atomic E-state index is 0.205. The van der Waals surface area contributed by atoms with E-state index in [0.29, 0.717) is 5.82 Å². The third-order valence-electron chi connectivity index (χ3n) is 6.58. The van der Waals surface area contributed by atoms with Gasteiger partial charge in [-0.2, -0.15) is 0 Å². The SMILES string of the molecule is C[Si](C)(C)c1cn([C@H]2CCc3cc(-n4c(-c5cccnc5N)nc5ccc(Br)nc54)ccc32)nn1. The first-order chi connectivity index (χ1) is 16.8. The molecule has 6 rings (SSSR count). The molecule has 0 amide bonds. The summed E-state index contributed by atoms with van der Waals surface area (Å²) in [6.07, 6.45) is 5.82. The van der Waals surface area contributed by atoms with Gasteiger partial charge in [-0.3, -0.25) is 4.57 Å². The second-order valence-corrected chi connectivity index (χ2v) is 15.8. The Morgan fingerprint density at radius 1 is 1.09 bits per heavy atom. The topological polar surface area (TPSA) is 100 Å². The van der Waals surface area contributed by atoms with Gasteiger partial charge in [0.15, 0.2) is 11.5 Å². The maximum atomic E-state index is 6.25. The number of aryl methyl sites for hydroxylation is 1. The Hall–Kier alpha value is -3.37. The highest BCUT2D eigenvalue weighted by Gasteiger charge is 2.28. The molecule has 5 aromatic rings. The van der Waals surface area contributed by atoms with E-state index < -0.39 is 8.07 Å². The van der Waals surface area contributed by atoms with Crippen molar-refractivity contribution in [3.63, 3.8) is 0 Å². The number of fused-ring (bicyclic) bond motifs is 2. The van der Waals surface area contributed by atoms with Crippen molar-refractivity contribution in [2.75, 3.05) is 5.73 Å². The van der Waals surface area contributed by atoms with Crippen molar-refractivity contribution < 1.29 is 0 Å². The van der Waals surface area contributed by atoms with Crippen LogP contribution in [0.4, 0.5) is 5.82 Å². The minimum Gasteiger partial charge on any atom is -0.383 e. The number of nitrogens with two attached hydrogens (primary N) is 1. The van der Waals surface area contributed by atoms with Crippen LogP contribution in [-0.2, 0) is 6.42 Å². The first-order valence-electron chi connectivity index (χ1n) is 11.6. The van der Waals surface area contributed by atoms with Crippen LogP contribution in [0.25, 0.3) is 28.2 Å². The number of benzene rings is 1. The Morgan fingerprint density at radius 2 is 1.94 bits per heavy atom. The second-order valence-electron chi connectivity index (χ2n) is 9.96. The Balaban J connectivity index is 1.47. The molecule has 0 unspecified atom stereocenters. The molecule has 2 N–H and O–H groups in total. The molecule has 0 radical (unpaired) electrons. The summed E-state index contributed by atoms with van der Waals surface area (Å²) in [5.41, 5.74) is 12.2. The summed E-state index contributed by atoms with van der Waals surface area (Å²) < 4.78 is 4.87. The molecule has 1 aromatic carbocycles. The molecule has 1 atom stereocenters. The van der Waals surface area contributed by atoms with Gasteiger partial charge in [0.2, 0.25) is 0 Å². The number of anilines is 1. The van der Waals surface area contributed by atoms with Crippen LogP contribution in [0.3, 0.4) is 0 Å². The van der Waals surface area contributed by atoms with Gasteiger partial charge < -0.3 is 5.73 Å². The first-order valence-corrected chi connectivity index (χ1v) is 15.9. The first kappa shape index (κ1) is 22.1. The Bertz CT molecular complexity index is 1580. The van der Waals surface area contributed by atoms with Crippen LogP contribution in [0.2, 0.25) is 19.6 Å². The van der Waals surface area contributed by atoms with Gasteiger partial charge in [-0.05, 0) is 76.3 Å². The zero-order valence-electron chi connectivity index (χ0n) is 19.8. The van der Waals surface area contributed by atoms with E-state index in [-0.39, 0.29) is 6.04 Å². The van der Waals surface area contributed by atoms with E-state index in [2.05, 4.69) is 79.8 Å². The zero-order chi connectivity index (χ0) is 24.3. The highest BCUT2D eigenvalue weighted by Crippen LogP contribution is 2.37. The van der Waals surface area contributed by atoms with Gasteiger partial charge in [-0.25, -0.2) is 19.6 Å². The molecule has 8 nitrogen and oxygen atoms in total. The molecule has 1 aliphatic carbocycles. The average Bonchev–Trinajstić information content (AvgIpc) is 3.55. The van der Waals surface area contributed by atoms with Crippen molar-refractivity contribution in [1.29, 1.82) is 0 Å². The van der Waals surface area contributed by atoms with Crippen LogP contribution in [0.1, 0.15) is 23.6 Å². The summed E-state index contributed by atoms with van der Waals surface area (Å²) in [7, 11) is -1.51. The summed E-state index contributed by atoms with van der Waals surface area (Å²) in [5.74, 6) is 1.16. The predicted octanol–water partition coefficient (Wildman–Crippen LogP) is 4.50. The standard InChI is InChI=1S/C25H25BrN8Si/c1-35(2,3)22-14-33(32-31-22)20-10-6-15-13-16(7-8-17(15)20)34-24(18-5-4-12-28-23(18)27)29-19-9-11-21(26)30-25(19)34/h4-5,7-9,11-14,20H,6,10H2,1-3H3,(H2,27,28)/t20-/m0/s1. The molecule has 0 fully saturated rings. The van der Waals surface area contributed by atoms with E-state index in [1.165, 1.54) is 11.1 Å². The van der Waals surface area contributed by atoms with Crippen LogP contribution in [-0.4, -0.2) is 42.6 Å². The van der Waals surface area contributed by atoms with Crippen molar-refractivity contribution in [3.8, 4) is 17.1 Å². The average molecular weight is 546 g/mol. The highest BCUT2D eigenvalue weighted by atomic mass is 79.9. The van der Waals surface area contributed by atoms with Gasteiger partial charge in [0, 0.05) is 18.1 Å². The lowest BCUT2D eigenvalue weighted by molar-refractivity contribution is 0.504. The number of nitrogens with zero attached hydrogens (tertiary/aromatic N) is 7. The Morgan fingerprint density at radius 3 is 2.71 bits per heavy atom. The fraction of sp³-hybridized carbons (Fsp3) is 0.240. The van der Waals surface area contributed by atoms with E-state index in [1.807, 2.05) is 28.9 Å². The van der Waals surface area contributed by atoms with E-state index in [4.69, 9.17) is 15.7 Å². The number of pyridine rings is 2. The van der Waals surface area contributed by atoms with Crippen LogP contribution < -0.4 is 11.1 Å². The maximum absolute atomic E-state index is 6.25. The number of hydrogen-bond acceptors (Lipinski definition) is 6. The third-order valence-corrected chi connectivity index (χ3v) is 8.79. The predicted molar refractivity (Wildman–Crippen MR) is 144 cm³/mol. The Kier molecular flexibility index (Phi) is 5.11. The molecule has 176 valence electrons. The molecule has 0 spiro atoms. The molecule has 4 aromatic heterocycles. The van der Waals surface area contributed by atoms with Crippen LogP contribution in [0.15, 0.2) is 59.5 Å². The lowest BCUT2D eigenvalue weighted by Crippen LogP contribution is -2.38. The molecule has 0 aliphatic heterocycles. The van der Waals surface area contributed by atoms with Crippen molar-refractivity contribution >= 4 is 46.3 Å². The monoisotopic (exact) mass is 544 g/mol. The summed E-state index contributed by atoms with van der Waals surface area (Å²) >= 11 is 3.52. The molecule has 0 saturated heterocycles. The van der Waals surface area contributed by atoms with Gasteiger partial charge in [-0.1, -0.05) is 30.9 Å². The van der Waals surface area contributed by atoms with Crippen molar-refractivity contribution in [1.82, 2.24) is 34.5 Å². The van der Waals surface area contributed by atoms with E-state index in [0.717, 1.165) is 51.0 Å². The summed E-state index contributed by atoms with van der Waals surface area (Å²) in [6.45, 7) is 6.89. The number of hydrogen-bond donors (Lipinski definition) is 1. The van der Waals surface area contributed by atoms with Crippen molar-refractivity contribution in [2.24, 2.45) is 0 Å². The van der Waals surface area contributed by atoms with Crippen LogP contribution in [0, 0.1) is 0 Å². The van der Waals surface area contributed by atoms with Gasteiger partial charge in [-0.15, -0.1) is 5.10 Å². The van der Waals surface area contributed by atoms with Crippen molar-refractivity contribution in [2.45, 2.75) is 38.5 Å². The van der Waals surface area contributed by atoms with Gasteiger partial charge in [0.25, 0.3) is 0 Å². The van der Waals surface area contributed by atoms with Gasteiger partial charge >= 0.3 is 0 Å². The highest BCUT2D eigenvalue weighted by molar-refractivity contribution is 9.10. The third kappa shape index (κ3) is 3.77. The van der Waals surface area contributed by atoms with E-state index in [1.54, 1.807) is 6.20 Å². The Labute approximate surface area is 212 Å². The minimum atomic E-state index is -1.51. The number of imidazole rings is 1. The molecule has 0 saturated carbocycles. The lowest BCUT2D eigenvalue weighted by atomic mass is 10.1. The summed E-state index contributed by atoms with van der Waals surface area (Å²) in [6, 6.07) is 14.5. The molecule has 10 heteroatoms. The molecular weight excluding hydrogens is 520 g/mol. The molecular formula is C25H25BrN8Si. The quantitative estimate of drug-likeness (QED) is 0.264. The van der Waals surface area contributed by atoms with Crippen LogP contribution in [0.5, 0.6) is 0 Å². The summed E-state index contributed by atoms with van der Waals surface area (Å²) in [5, 5.41) is 10.1. The number of halogens is 1. The lowest BCUT2D eigenvalue weighted by Gasteiger charge is -2.15. The molecule has 0 bridgehead atoms. The van der Waals surface area contributed by atoms with Gasteiger partial charge in [0.1, 0.15) is 24.0 Å². The van der Waals surface area contributed by atoms with Crippen LogP contribution >= 0.6 is 15.9 Å². The smallest absolute Gasteiger partial charge is 0.166 e. The second kappa shape index (κ2) is 8.10. The largest absolute Gasteiger partial charge is 0.383 e. The van der Waals surface area contributed by atoms with E-state index in [9.17, 15) is 0 Å². The normalized spacial score (nSPS) is 15.6. The fourth-order valence-corrected chi connectivity index (χ4v) is 5.90. The fourth-order valence-electron chi connectivity index (χ4n) is 4.73. The molecule has 4 heterocycles. The number of nitrogen functional groups attached to an aromatic ring is 1. The van der Waals surface area contributed by atoms with E-state index >= 15 is 0 Å². The molecule has 1 aliphatic rings. The number of aromatic nitrogens is 7. The number of rotatable bonds is 4. The maximum Gasteiger partial charge on any atom is 0.166 e. The van der Waals surface area contributed by atoms with Gasteiger partial charge in [0.05, 0.1) is 16.9 Å². The summed E-state index contributed by atoms with van der Waals surface area (Å²) in [4.78, 5) is 13.9.